The maximum atomic E-state index is 10.2. The number of thioether (sulfide) groups is 1. The molecule has 0 aromatic heterocycles. The number of hydrogen-bond donors (Lipinski definition) is 1. The van der Waals surface area contributed by atoms with Crippen molar-refractivity contribution in [3.8, 4) is 0 Å². The summed E-state index contributed by atoms with van der Waals surface area (Å²) in [7, 11) is 0. The Hall–Kier alpha value is -0.0400. The van der Waals surface area contributed by atoms with Crippen molar-refractivity contribution in [3.05, 3.63) is 11.6 Å². The number of rotatable bonds is 1. The van der Waals surface area contributed by atoms with Crippen molar-refractivity contribution in [1.82, 2.24) is 4.31 Å². The predicted molar refractivity (Wildman–Crippen MR) is 35.5 cm³/mol. The molecular formula is C3H5N2O2S2-. The van der Waals surface area contributed by atoms with Gasteiger partial charge < -0.3 is 10.3 Å². The molecule has 0 aromatic carbocycles. The van der Waals surface area contributed by atoms with Crippen LogP contribution in [0.25, 0.3) is 0 Å². The molecule has 6 heteroatoms. The zero-order valence-electron chi connectivity index (χ0n) is 4.39. The largest absolute Gasteiger partial charge is 0.755 e. The molecule has 52 valence electrons. The summed E-state index contributed by atoms with van der Waals surface area (Å²) in [6.07, 6.45) is 1.43. The first kappa shape index (κ1) is 7.07. The van der Waals surface area contributed by atoms with Gasteiger partial charge in [0.05, 0.1) is 0 Å². The Bertz CT molecular complexity index is 160. The molecule has 0 aromatic rings. The second-order valence-electron chi connectivity index (χ2n) is 1.39. The van der Waals surface area contributed by atoms with Crippen LogP contribution in [0.3, 0.4) is 0 Å². The molecule has 1 rings (SSSR count). The molecule has 0 saturated carbocycles. The summed E-state index contributed by atoms with van der Waals surface area (Å²) in [5.41, 5.74) is 4.84. The second kappa shape index (κ2) is 2.70. The summed E-state index contributed by atoms with van der Waals surface area (Å²) < 4.78 is 21.4. The van der Waals surface area contributed by atoms with Crippen LogP contribution in [0, 0.1) is 0 Å². The molecule has 0 saturated heterocycles. The summed E-state index contributed by atoms with van der Waals surface area (Å²) in [4.78, 5) is 0. The van der Waals surface area contributed by atoms with Gasteiger partial charge in [0.15, 0.2) is 0 Å². The van der Waals surface area contributed by atoms with Crippen LogP contribution in [0.1, 0.15) is 0 Å². The summed E-state index contributed by atoms with van der Waals surface area (Å²) in [6, 6.07) is 0. The molecular weight excluding hydrogens is 160 g/mol. The zero-order chi connectivity index (χ0) is 6.85. The van der Waals surface area contributed by atoms with Gasteiger partial charge in [0, 0.05) is 17.5 Å². The van der Waals surface area contributed by atoms with Crippen molar-refractivity contribution in [1.29, 1.82) is 0 Å². The van der Waals surface area contributed by atoms with Gasteiger partial charge in [-0.2, -0.15) is 0 Å². The van der Waals surface area contributed by atoms with E-state index in [1.54, 1.807) is 5.41 Å². The number of nitrogens with zero attached hydrogens (tertiary/aromatic N) is 1. The van der Waals surface area contributed by atoms with E-state index in [1.807, 2.05) is 0 Å². The molecule has 0 amide bonds. The summed E-state index contributed by atoms with van der Waals surface area (Å²) in [5, 5.41) is 1.64. The lowest BCUT2D eigenvalue weighted by Crippen LogP contribution is -2.33. The third-order valence-electron chi connectivity index (χ3n) is 0.849. The minimum atomic E-state index is -2.22. The van der Waals surface area contributed by atoms with E-state index in [4.69, 9.17) is 5.73 Å². The summed E-state index contributed by atoms with van der Waals surface area (Å²) in [5.74, 6) is 0. The standard InChI is InChI=1S/C3H6N2O2S2/c4-3-5(9(6)7)1-2-8-3/h1-3H,4H2,(H,6,7)/p-1. The number of nitrogens with two attached hydrogens (primary N) is 1. The van der Waals surface area contributed by atoms with Crippen LogP contribution >= 0.6 is 11.8 Å². The third-order valence-corrected chi connectivity index (χ3v) is 2.46. The molecule has 4 nitrogen and oxygen atoms in total. The Morgan fingerprint density at radius 2 is 2.56 bits per heavy atom. The molecule has 1 aliphatic heterocycles. The molecule has 1 aliphatic rings. The SMILES string of the molecule is NC1SC=CN1S(=O)[O-]. The van der Waals surface area contributed by atoms with Crippen LogP contribution in [0.4, 0.5) is 0 Å². The van der Waals surface area contributed by atoms with Crippen molar-refractivity contribution in [3.63, 3.8) is 0 Å². The molecule has 1 heterocycles. The van der Waals surface area contributed by atoms with E-state index in [0.29, 0.717) is 0 Å². The Kier molecular flexibility index (Phi) is 2.12. The van der Waals surface area contributed by atoms with Crippen molar-refractivity contribution < 1.29 is 8.76 Å². The fourth-order valence-electron chi connectivity index (χ4n) is 0.455. The van der Waals surface area contributed by atoms with E-state index in [0.717, 1.165) is 4.31 Å². The quantitative estimate of drug-likeness (QED) is 0.534. The van der Waals surface area contributed by atoms with Gasteiger partial charge in [-0.25, -0.2) is 0 Å². The lowest BCUT2D eigenvalue weighted by Gasteiger charge is -2.22. The van der Waals surface area contributed by atoms with Gasteiger partial charge in [0.25, 0.3) is 0 Å². The average Bonchev–Trinajstić information content (AvgIpc) is 2.13. The Morgan fingerprint density at radius 3 is 2.78 bits per heavy atom. The molecule has 0 radical (unpaired) electrons. The van der Waals surface area contributed by atoms with Crippen molar-refractivity contribution in [2.75, 3.05) is 0 Å². The molecule has 0 aliphatic carbocycles. The summed E-state index contributed by atoms with van der Waals surface area (Å²) >= 11 is -0.957. The van der Waals surface area contributed by atoms with Crippen LogP contribution in [-0.4, -0.2) is 18.6 Å². The van der Waals surface area contributed by atoms with Crippen LogP contribution in [0.2, 0.25) is 0 Å². The van der Waals surface area contributed by atoms with Crippen LogP contribution in [0.15, 0.2) is 11.6 Å². The van der Waals surface area contributed by atoms with E-state index in [1.165, 1.54) is 18.0 Å². The van der Waals surface area contributed by atoms with E-state index >= 15 is 0 Å². The molecule has 2 N–H and O–H groups in total. The highest BCUT2D eigenvalue weighted by Gasteiger charge is 2.14. The first-order chi connectivity index (χ1) is 4.22. The fourth-order valence-corrected chi connectivity index (χ4v) is 1.77. The van der Waals surface area contributed by atoms with Crippen molar-refractivity contribution in [2.24, 2.45) is 5.73 Å². The van der Waals surface area contributed by atoms with Gasteiger partial charge in [-0.05, 0) is 5.41 Å². The topological polar surface area (TPSA) is 69.4 Å². The lowest BCUT2D eigenvalue weighted by atomic mass is 10.9. The maximum absolute atomic E-state index is 10.2. The first-order valence-corrected chi connectivity index (χ1v) is 4.15. The van der Waals surface area contributed by atoms with Gasteiger partial charge in [-0.15, -0.1) is 0 Å². The molecule has 9 heavy (non-hydrogen) atoms. The Morgan fingerprint density at radius 1 is 1.89 bits per heavy atom. The van der Waals surface area contributed by atoms with Gasteiger partial charge in [-0.3, -0.25) is 8.51 Å². The minimum Gasteiger partial charge on any atom is -0.755 e. The van der Waals surface area contributed by atoms with E-state index in [9.17, 15) is 8.76 Å². The normalized spacial score (nSPS) is 29.1. The Labute approximate surface area is 59.5 Å². The second-order valence-corrected chi connectivity index (χ2v) is 3.27. The molecule has 2 unspecified atom stereocenters. The fraction of sp³-hybridized carbons (Fsp3) is 0.333. The van der Waals surface area contributed by atoms with Gasteiger partial charge in [-0.1, -0.05) is 11.8 Å². The minimum absolute atomic E-state index is 0.469. The average molecular weight is 165 g/mol. The molecule has 0 bridgehead atoms. The molecule has 0 spiro atoms. The van der Waals surface area contributed by atoms with E-state index < -0.39 is 16.8 Å². The van der Waals surface area contributed by atoms with Gasteiger partial charge >= 0.3 is 0 Å². The highest BCUT2D eigenvalue weighted by atomic mass is 32.2. The maximum Gasteiger partial charge on any atom is 0.140 e. The van der Waals surface area contributed by atoms with E-state index in [2.05, 4.69) is 0 Å². The van der Waals surface area contributed by atoms with Gasteiger partial charge in [0.2, 0.25) is 0 Å². The van der Waals surface area contributed by atoms with Crippen LogP contribution < -0.4 is 5.73 Å². The summed E-state index contributed by atoms with van der Waals surface area (Å²) in [6.45, 7) is 0. The van der Waals surface area contributed by atoms with Crippen molar-refractivity contribution in [2.45, 2.75) is 5.50 Å². The highest BCUT2D eigenvalue weighted by Crippen LogP contribution is 2.20. The molecule has 0 fully saturated rings. The predicted octanol–water partition coefficient (Wildman–Crippen LogP) is -0.457. The van der Waals surface area contributed by atoms with Gasteiger partial charge in [0.1, 0.15) is 5.50 Å². The lowest BCUT2D eigenvalue weighted by molar-refractivity contribution is 0.451. The van der Waals surface area contributed by atoms with Crippen LogP contribution in [0.5, 0.6) is 0 Å². The highest BCUT2D eigenvalue weighted by molar-refractivity contribution is 8.03. The van der Waals surface area contributed by atoms with Crippen molar-refractivity contribution >= 4 is 23.0 Å². The monoisotopic (exact) mass is 165 g/mol. The zero-order valence-corrected chi connectivity index (χ0v) is 6.02. The third kappa shape index (κ3) is 1.45. The number of hydrogen-bond acceptors (Lipinski definition) is 4. The first-order valence-electron chi connectivity index (χ1n) is 2.17. The smallest absolute Gasteiger partial charge is 0.140 e. The Balaban J connectivity index is 2.59. The molecule has 2 atom stereocenters. The van der Waals surface area contributed by atoms with Crippen LogP contribution in [-0.2, 0) is 11.3 Å². The van der Waals surface area contributed by atoms with E-state index in [-0.39, 0.29) is 0 Å².